The quantitative estimate of drug-likeness (QED) is 0.719. The summed E-state index contributed by atoms with van der Waals surface area (Å²) in [6.45, 7) is 3.21. The number of benzene rings is 1. The Morgan fingerprint density at radius 1 is 1.21 bits per heavy atom. The van der Waals surface area contributed by atoms with Crippen molar-refractivity contribution in [2.24, 2.45) is 0 Å². The topological polar surface area (TPSA) is 106 Å². The summed E-state index contributed by atoms with van der Waals surface area (Å²) in [5.74, 6) is 1.44. The van der Waals surface area contributed by atoms with Gasteiger partial charge < -0.3 is 14.0 Å². The predicted octanol–water partition coefficient (Wildman–Crippen LogP) is 3.61. The first-order valence-corrected chi connectivity index (χ1v) is 9.03. The molecule has 0 aliphatic carbocycles. The summed E-state index contributed by atoms with van der Waals surface area (Å²) in [4.78, 5) is 8.69. The van der Waals surface area contributed by atoms with E-state index in [2.05, 4.69) is 26.5 Å². The van der Waals surface area contributed by atoms with Crippen LogP contribution in [0.2, 0.25) is 0 Å². The standard InChI is InChI=1S/C20H19N5O3/c1-13-10-19(28-25-13)24-20-22-7-4-17(23-20)14-2-3-18(15(11-14)12-21)27-16-5-8-26-9-6-16/h2-4,7,10-11,16H,5-6,8-9H2,1H3,(H,22,23,24). The lowest BCUT2D eigenvalue weighted by Gasteiger charge is -2.23. The molecular formula is C20H19N5O3. The van der Waals surface area contributed by atoms with E-state index in [1.54, 1.807) is 24.4 Å². The molecule has 8 nitrogen and oxygen atoms in total. The van der Waals surface area contributed by atoms with Crippen LogP contribution in [0.25, 0.3) is 11.3 Å². The molecule has 1 fully saturated rings. The minimum Gasteiger partial charge on any atom is -0.489 e. The van der Waals surface area contributed by atoms with E-state index in [1.807, 2.05) is 19.1 Å². The second kappa shape index (κ2) is 8.06. The van der Waals surface area contributed by atoms with Gasteiger partial charge in [-0.05, 0) is 31.2 Å². The average Bonchev–Trinajstić information content (AvgIpc) is 3.14. The molecule has 3 aromatic rings. The highest BCUT2D eigenvalue weighted by Gasteiger charge is 2.17. The van der Waals surface area contributed by atoms with Gasteiger partial charge in [0.15, 0.2) is 0 Å². The SMILES string of the molecule is Cc1cc(Nc2nccc(-c3ccc(OC4CCOCC4)c(C#N)c3)n2)on1. The molecule has 0 amide bonds. The highest BCUT2D eigenvalue weighted by atomic mass is 16.5. The smallest absolute Gasteiger partial charge is 0.231 e. The van der Waals surface area contributed by atoms with Crippen molar-refractivity contribution in [2.75, 3.05) is 18.5 Å². The Balaban J connectivity index is 1.55. The Labute approximate surface area is 162 Å². The van der Waals surface area contributed by atoms with E-state index in [9.17, 15) is 5.26 Å². The molecule has 142 valence electrons. The van der Waals surface area contributed by atoms with Gasteiger partial charge in [-0.3, -0.25) is 5.32 Å². The number of rotatable bonds is 5. The van der Waals surface area contributed by atoms with Crippen molar-refractivity contribution in [1.29, 1.82) is 5.26 Å². The van der Waals surface area contributed by atoms with E-state index in [-0.39, 0.29) is 6.10 Å². The van der Waals surface area contributed by atoms with E-state index < -0.39 is 0 Å². The molecule has 8 heteroatoms. The molecule has 0 atom stereocenters. The van der Waals surface area contributed by atoms with Crippen LogP contribution < -0.4 is 10.1 Å². The molecule has 0 saturated carbocycles. The Morgan fingerprint density at radius 3 is 2.82 bits per heavy atom. The maximum absolute atomic E-state index is 9.55. The lowest BCUT2D eigenvalue weighted by atomic mass is 10.1. The molecule has 1 aromatic carbocycles. The Bertz CT molecular complexity index is 1010. The summed E-state index contributed by atoms with van der Waals surface area (Å²) in [6, 6.07) is 11.2. The number of ether oxygens (including phenoxy) is 2. The number of nitriles is 1. The number of aryl methyl sites for hydroxylation is 1. The zero-order valence-electron chi connectivity index (χ0n) is 15.4. The van der Waals surface area contributed by atoms with E-state index >= 15 is 0 Å². The minimum atomic E-state index is 0.0758. The molecule has 0 spiro atoms. The predicted molar refractivity (Wildman–Crippen MR) is 101 cm³/mol. The fourth-order valence-electron chi connectivity index (χ4n) is 2.97. The second-order valence-electron chi connectivity index (χ2n) is 6.48. The molecule has 4 rings (SSSR count). The third-order valence-electron chi connectivity index (χ3n) is 4.38. The van der Waals surface area contributed by atoms with Crippen LogP contribution in [0.1, 0.15) is 24.1 Å². The van der Waals surface area contributed by atoms with E-state index in [0.717, 1.165) is 24.1 Å². The number of nitrogens with one attached hydrogen (secondary N) is 1. The van der Waals surface area contributed by atoms with Gasteiger partial charge in [0.25, 0.3) is 0 Å². The number of hydrogen-bond acceptors (Lipinski definition) is 8. The molecule has 0 radical (unpaired) electrons. The van der Waals surface area contributed by atoms with Crippen molar-refractivity contribution >= 4 is 11.8 Å². The summed E-state index contributed by atoms with van der Waals surface area (Å²) in [5, 5.41) is 16.4. The van der Waals surface area contributed by atoms with Crippen LogP contribution in [0.15, 0.2) is 41.1 Å². The molecule has 3 heterocycles. The average molecular weight is 377 g/mol. The zero-order valence-corrected chi connectivity index (χ0v) is 15.4. The normalized spacial score (nSPS) is 14.4. The molecule has 1 aliphatic heterocycles. The molecule has 28 heavy (non-hydrogen) atoms. The Kier molecular flexibility index (Phi) is 5.17. The Hall–Kier alpha value is -3.44. The van der Waals surface area contributed by atoms with Gasteiger partial charge in [-0.25, -0.2) is 9.97 Å². The van der Waals surface area contributed by atoms with E-state index in [1.165, 1.54) is 0 Å². The molecule has 2 aromatic heterocycles. The first-order valence-electron chi connectivity index (χ1n) is 9.03. The summed E-state index contributed by atoms with van der Waals surface area (Å²) >= 11 is 0. The third-order valence-corrected chi connectivity index (χ3v) is 4.38. The van der Waals surface area contributed by atoms with Crippen LogP contribution in [-0.2, 0) is 4.74 Å². The monoisotopic (exact) mass is 377 g/mol. The number of hydrogen-bond donors (Lipinski definition) is 1. The van der Waals surface area contributed by atoms with Crippen molar-refractivity contribution in [3.8, 4) is 23.1 Å². The van der Waals surface area contributed by atoms with Gasteiger partial charge >= 0.3 is 0 Å². The first-order chi connectivity index (χ1) is 13.7. The number of aromatic nitrogens is 3. The van der Waals surface area contributed by atoms with E-state index in [4.69, 9.17) is 14.0 Å². The van der Waals surface area contributed by atoms with Crippen molar-refractivity contribution < 1.29 is 14.0 Å². The molecule has 0 bridgehead atoms. The highest BCUT2D eigenvalue weighted by molar-refractivity contribution is 5.65. The second-order valence-corrected chi connectivity index (χ2v) is 6.48. The molecule has 1 saturated heterocycles. The van der Waals surface area contributed by atoms with Gasteiger partial charge in [-0.15, -0.1) is 0 Å². The molecule has 0 unspecified atom stereocenters. The maximum Gasteiger partial charge on any atom is 0.231 e. The van der Waals surface area contributed by atoms with Crippen LogP contribution in [0.4, 0.5) is 11.8 Å². The summed E-state index contributed by atoms with van der Waals surface area (Å²) < 4.78 is 16.5. The summed E-state index contributed by atoms with van der Waals surface area (Å²) in [7, 11) is 0. The highest BCUT2D eigenvalue weighted by Crippen LogP contribution is 2.28. The van der Waals surface area contributed by atoms with Crippen molar-refractivity contribution in [2.45, 2.75) is 25.9 Å². The maximum atomic E-state index is 9.55. The fraction of sp³-hybridized carbons (Fsp3) is 0.300. The lowest BCUT2D eigenvalue weighted by Crippen LogP contribution is -2.26. The van der Waals surface area contributed by atoms with E-state index in [0.29, 0.717) is 42.1 Å². The minimum absolute atomic E-state index is 0.0758. The van der Waals surface area contributed by atoms with Gasteiger partial charge in [-0.1, -0.05) is 5.16 Å². The van der Waals surface area contributed by atoms with Crippen molar-refractivity contribution in [1.82, 2.24) is 15.1 Å². The van der Waals surface area contributed by atoms with Crippen LogP contribution in [0, 0.1) is 18.3 Å². The zero-order chi connectivity index (χ0) is 19.3. The van der Waals surface area contributed by atoms with Crippen molar-refractivity contribution in [3.63, 3.8) is 0 Å². The van der Waals surface area contributed by atoms with Gasteiger partial charge in [0.2, 0.25) is 11.8 Å². The van der Waals surface area contributed by atoms with Crippen LogP contribution in [0.3, 0.4) is 0 Å². The molecule has 1 aliphatic rings. The van der Waals surface area contributed by atoms with Gasteiger partial charge in [0.1, 0.15) is 17.9 Å². The number of nitrogens with zero attached hydrogens (tertiary/aromatic N) is 4. The van der Waals surface area contributed by atoms with Gasteiger partial charge in [0, 0.05) is 30.7 Å². The first kappa shape index (κ1) is 17.9. The largest absolute Gasteiger partial charge is 0.489 e. The van der Waals surface area contributed by atoms with Crippen LogP contribution in [0.5, 0.6) is 5.75 Å². The van der Waals surface area contributed by atoms with Crippen LogP contribution >= 0.6 is 0 Å². The number of anilines is 2. The molecular weight excluding hydrogens is 358 g/mol. The van der Waals surface area contributed by atoms with Gasteiger partial charge in [0.05, 0.1) is 30.2 Å². The molecule has 1 N–H and O–H groups in total. The third kappa shape index (κ3) is 4.10. The summed E-state index contributed by atoms with van der Waals surface area (Å²) in [6.07, 6.45) is 3.38. The summed E-state index contributed by atoms with van der Waals surface area (Å²) in [5.41, 5.74) is 2.72. The van der Waals surface area contributed by atoms with Crippen molar-refractivity contribution in [3.05, 3.63) is 47.8 Å². The lowest BCUT2D eigenvalue weighted by molar-refractivity contribution is 0.0254. The Morgan fingerprint density at radius 2 is 2.07 bits per heavy atom. The van der Waals surface area contributed by atoms with Crippen LogP contribution in [-0.4, -0.2) is 34.4 Å². The fourth-order valence-corrected chi connectivity index (χ4v) is 2.97. The van der Waals surface area contributed by atoms with Gasteiger partial charge in [-0.2, -0.15) is 5.26 Å².